The third kappa shape index (κ3) is 4.88. The molecule has 1 saturated heterocycles. The Hall–Kier alpha value is -2.30. The minimum atomic E-state index is -1.65. The molecule has 0 saturated carbocycles. The zero-order valence-electron chi connectivity index (χ0n) is 15.8. The molecule has 2 aromatic rings. The molecule has 1 aliphatic rings. The van der Waals surface area contributed by atoms with Crippen LogP contribution in [-0.2, 0) is 9.53 Å². The van der Waals surface area contributed by atoms with E-state index < -0.39 is 61.1 Å². The number of aldehydes is 1. The Labute approximate surface area is 168 Å². The summed E-state index contributed by atoms with van der Waals surface area (Å²) in [4.78, 5) is 31.6. The van der Waals surface area contributed by atoms with Crippen LogP contribution in [0.4, 0.5) is 0 Å². The number of imidazole rings is 1. The molecule has 0 radical (unpaired) electrons. The second kappa shape index (κ2) is 10.1. The highest BCUT2D eigenvalue weighted by Gasteiger charge is 2.44. The normalized spacial score (nSPS) is 27.7. The van der Waals surface area contributed by atoms with E-state index in [9.17, 15) is 19.8 Å². The van der Waals surface area contributed by atoms with E-state index in [0.717, 1.165) is 0 Å². The molecule has 14 heteroatoms. The van der Waals surface area contributed by atoms with Crippen molar-refractivity contribution in [2.75, 3.05) is 6.61 Å². The van der Waals surface area contributed by atoms with Crippen LogP contribution in [0.25, 0.3) is 11.2 Å². The zero-order chi connectivity index (χ0) is 22.6. The molecule has 3 heterocycles. The molecule has 0 spiro atoms. The maximum Gasteiger partial charge on any atom is 0.278 e. The van der Waals surface area contributed by atoms with Gasteiger partial charge in [-0.15, -0.1) is 0 Å². The molecule has 0 amide bonds. The summed E-state index contributed by atoms with van der Waals surface area (Å²) in [5.74, 6) is 0. The molecule has 3 rings (SSSR count). The van der Waals surface area contributed by atoms with E-state index in [1.54, 1.807) is 0 Å². The van der Waals surface area contributed by atoms with Gasteiger partial charge in [0.2, 0.25) is 0 Å². The fourth-order valence-electron chi connectivity index (χ4n) is 2.73. The molecule has 2 aromatic heterocycles. The van der Waals surface area contributed by atoms with Crippen molar-refractivity contribution >= 4 is 17.5 Å². The largest absolute Gasteiger partial charge is 0.394 e. The number of fused-ring (bicyclic) bond motifs is 1. The van der Waals surface area contributed by atoms with Crippen molar-refractivity contribution in [3.8, 4) is 0 Å². The average molecular weight is 432 g/mol. The van der Waals surface area contributed by atoms with Gasteiger partial charge >= 0.3 is 0 Å². The van der Waals surface area contributed by atoms with Gasteiger partial charge in [0.1, 0.15) is 36.6 Å². The molecule has 8 N–H and O–H groups in total. The Kier molecular flexibility index (Phi) is 8.10. The van der Waals surface area contributed by atoms with Gasteiger partial charge < -0.3 is 50.3 Å². The quantitative estimate of drug-likeness (QED) is 0.201. The lowest BCUT2D eigenvalue weighted by atomic mass is 10.1. The summed E-state index contributed by atoms with van der Waals surface area (Å²) in [7, 11) is 0. The summed E-state index contributed by atoms with van der Waals surface area (Å²) >= 11 is 0. The van der Waals surface area contributed by atoms with Gasteiger partial charge in [-0.2, -0.15) is 0 Å². The van der Waals surface area contributed by atoms with Gasteiger partial charge in [-0.05, 0) is 6.92 Å². The summed E-state index contributed by atoms with van der Waals surface area (Å²) in [6, 6.07) is 0. The summed E-state index contributed by atoms with van der Waals surface area (Å²) < 4.78 is 6.70. The molecule has 0 aromatic carbocycles. The van der Waals surface area contributed by atoms with Crippen molar-refractivity contribution in [1.82, 2.24) is 19.5 Å². The number of nitrogens with zero attached hydrogens (tertiary/aromatic N) is 3. The number of carbonyl (C=O) groups excluding carboxylic acids is 1. The first-order valence-electron chi connectivity index (χ1n) is 8.84. The average Bonchev–Trinajstić information content (AvgIpc) is 3.28. The van der Waals surface area contributed by atoms with E-state index in [1.165, 1.54) is 24.1 Å². The first-order valence-corrected chi connectivity index (χ1v) is 8.84. The number of rotatable bonds is 6. The number of carbonyl (C=O) groups is 1. The van der Waals surface area contributed by atoms with Gasteiger partial charge in [0, 0.05) is 0 Å². The minimum absolute atomic E-state index is 0.0935. The molecule has 4 unspecified atom stereocenters. The summed E-state index contributed by atoms with van der Waals surface area (Å²) in [5.41, 5.74) is -0.0608. The monoisotopic (exact) mass is 432 g/mol. The number of hydrogen-bond donors (Lipinski definition) is 8. The van der Waals surface area contributed by atoms with Crippen LogP contribution in [-0.4, -0.2) is 111 Å². The Morgan fingerprint density at radius 2 is 1.87 bits per heavy atom. The Morgan fingerprint density at radius 1 is 1.20 bits per heavy atom. The molecule has 8 atom stereocenters. The van der Waals surface area contributed by atoms with Gasteiger partial charge in [0.05, 0.1) is 25.4 Å². The van der Waals surface area contributed by atoms with Crippen molar-refractivity contribution in [2.24, 2.45) is 0 Å². The second-order valence-electron chi connectivity index (χ2n) is 6.63. The van der Waals surface area contributed by atoms with Crippen LogP contribution in [0.3, 0.4) is 0 Å². The van der Waals surface area contributed by atoms with E-state index in [2.05, 4.69) is 15.0 Å². The standard InChI is InChI=1S/C10H12N4O5.C6H12O5/c15-1-4-6(16)7(17)10(19-4)14-3-13-5-8(14)11-2-12-9(5)18;1-3(8)5(10)6(11)4(9)2-7/h2-4,6-7,10,15-17H,1H2,(H,11,12,18);2-6,8-11H,1H3/t4-,6-,7-,10-;/m1./s1. The molecule has 1 aliphatic heterocycles. The molecule has 14 nitrogen and oxygen atoms in total. The molecule has 1 fully saturated rings. The van der Waals surface area contributed by atoms with E-state index in [-0.39, 0.29) is 17.5 Å². The molecule has 0 bridgehead atoms. The number of aromatic amines is 1. The molecule has 30 heavy (non-hydrogen) atoms. The Morgan fingerprint density at radius 3 is 2.40 bits per heavy atom. The predicted octanol–water partition coefficient (Wildman–Crippen LogP) is -4.62. The number of aromatic nitrogens is 4. The van der Waals surface area contributed by atoms with Crippen LogP contribution in [0.5, 0.6) is 0 Å². The Bertz CT molecular complexity index is 886. The first kappa shape index (κ1) is 24.0. The lowest BCUT2D eigenvalue weighted by Crippen LogP contribution is -2.43. The summed E-state index contributed by atoms with van der Waals surface area (Å²) in [6.45, 7) is 0.820. The molecular weight excluding hydrogens is 408 g/mol. The van der Waals surface area contributed by atoms with Gasteiger partial charge in [0.15, 0.2) is 23.7 Å². The summed E-state index contributed by atoms with van der Waals surface area (Å²) in [5, 5.41) is 63.7. The highest BCUT2D eigenvalue weighted by molar-refractivity contribution is 5.68. The van der Waals surface area contributed by atoms with Gasteiger partial charge in [-0.25, -0.2) is 9.97 Å². The molecule has 0 aliphatic carbocycles. The second-order valence-corrected chi connectivity index (χ2v) is 6.63. The third-order valence-corrected chi connectivity index (χ3v) is 4.49. The van der Waals surface area contributed by atoms with Gasteiger partial charge in [-0.3, -0.25) is 9.36 Å². The molecule has 168 valence electrons. The van der Waals surface area contributed by atoms with E-state index in [4.69, 9.17) is 30.3 Å². The number of aliphatic hydroxyl groups is 7. The van der Waals surface area contributed by atoms with Crippen LogP contribution in [0.1, 0.15) is 13.2 Å². The molecular formula is C16H24N4O10. The lowest BCUT2D eigenvalue weighted by Gasteiger charge is -2.21. The van der Waals surface area contributed by atoms with Crippen LogP contribution >= 0.6 is 0 Å². The predicted molar refractivity (Wildman–Crippen MR) is 96.9 cm³/mol. The van der Waals surface area contributed by atoms with Crippen molar-refractivity contribution in [2.45, 2.75) is 55.9 Å². The van der Waals surface area contributed by atoms with E-state index in [1.807, 2.05) is 0 Å². The third-order valence-electron chi connectivity index (χ3n) is 4.49. The number of nitrogens with one attached hydrogen (secondary N) is 1. The van der Waals surface area contributed by atoms with Crippen LogP contribution < -0.4 is 5.56 Å². The summed E-state index contributed by atoms with van der Waals surface area (Å²) in [6.07, 6.45) is -7.66. The van der Waals surface area contributed by atoms with E-state index in [0.29, 0.717) is 0 Å². The highest BCUT2D eigenvalue weighted by atomic mass is 16.6. The van der Waals surface area contributed by atoms with Gasteiger partial charge in [0.25, 0.3) is 5.56 Å². The topological polar surface area (TPSA) is 231 Å². The highest BCUT2D eigenvalue weighted by Crippen LogP contribution is 2.30. The van der Waals surface area contributed by atoms with Crippen molar-refractivity contribution in [3.63, 3.8) is 0 Å². The van der Waals surface area contributed by atoms with Crippen molar-refractivity contribution < 1.29 is 45.3 Å². The minimum Gasteiger partial charge on any atom is -0.394 e. The fraction of sp³-hybridized carbons (Fsp3) is 0.625. The number of ether oxygens (including phenoxy) is 1. The number of H-pyrrole nitrogens is 1. The van der Waals surface area contributed by atoms with E-state index >= 15 is 0 Å². The maximum absolute atomic E-state index is 11.5. The Balaban J connectivity index is 0.000000252. The van der Waals surface area contributed by atoms with Crippen LogP contribution in [0.15, 0.2) is 17.4 Å². The van der Waals surface area contributed by atoms with Crippen LogP contribution in [0, 0.1) is 0 Å². The number of hydrogen-bond acceptors (Lipinski definition) is 12. The maximum atomic E-state index is 11.5. The van der Waals surface area contributed by atoms with Crippen LogP contribution in [0.2, 0.25) is 0 Å². The van der Waals surface area contributed by atoms with Gasteiger partial charge in [-0.1, -0.05) is 0 Å². The lowest BCUT2D eigenvalue weighted by molar-refractivity contribution is -0.132. The SMILES string of the molecule is CC(O)C(O)C(O)C(O)C=O.O=c1[nH]cnc2c1ncn2[C@@H]1O[C@H](CO)[C@@H](O)[C@H]1O. The van der Waals surface area contributed by atoms with Crippen molar-refractivity contribution in [3.05, 3.63) is 23.0 Å². The number of aliphatic hydroxyl groups excluding tert-OH is 7. The fourth-order valence-corrected chi connectivity index (χ4v) is 2.73. The van der Waals surface area contributed by atoms with Crippen molar-refractivity contribution in [1.29, 1.82) is 0 Å². The first-order chi connectivity index (χ1) is 14.1. The zero-order valence-corrected chi connectivity index (χ0v) is 15.8. The smallest absolute Gasteiger partial charge is 0.278 e.